The summed E-state index contributed by atoms with van der Waals surface area (Å²) in [6, 6.07) is 15.5. The predicted molar refractivity (Wildman–Crippen MR) is 81.5 cm³/mol. The lowest BCUT2D eigenvalue weighted by Crippen LogP contribution is -2.29. The smallest absolute Gasteiger partial charge is 0.176 e. The number of benzene rings is 2. The van der Waals surface area contributed by atoms with E-state index >= 15 is 0 Å². The molecular formula is C18H20O2. The zero-order valence-electron chi connectivity index (χ0n) is 12.4. The van der Waals surface area contributed by atoms with Crippen molar-refractivity contribution in [2.45, 2.75) is 26.2 Å². The van der Waals surface area contributed by atoms with Gasteiger partial charge >= 0.3 is 0 Å². The summed E-state index contributed by atoms with van der Waals surface area (Å²) >= 11 is 0. The first-order valence-electron chi connectivity index (χ1n) is 6.72. The standard InChI is InChI=1S/C18H20O2/c1-13-10-11-16(20-4)15(12-13)17(19)18(2,3)14-8-6-5-7-9-14/h5-12H,1-4H3. The molecule has 2 rings (SSSR count). The highest BCUT2D eigenvalue weighted by Gasteiger charge is 2.32. The van der Waals surface area contributed by atoms with Gasteiger partial charge in [-0.3, -0.25) is 4.79 Å². The molecule has 0 saturated heterocycles. The maximum atomic E-state index is 12.9. The molecule has 2 heteroatoms. The minimum atomic E-state index is -0.581. The van der Waals surface area contributed by atoms with Crippen LogP contribution < -0.4 is 4.74 Å². The highest BCUT2D eigenvalue weighted by Crippen LogP contribution is 2.31. The number of ketones is 1. The van der Waals surface area contributed by atoms with Crippen molar-refractivity contribution in [3.8, 4) is 5.75 Å². The van der Waals surface area contributed by atoms with Crippen molar-refractivity contribution < 1.29 is 9.53 Å². The predicted octanol–water partition coefficient (Wildman–Crippen LogP) is 4.16. The fraction of sp³-hybridized carbons (Fsp3) is 0.278. The van der Waals surface area contributed by atoms with E-state index in [1.807, 2.05) is 69.3 Å². The second kappa shape index (κ2) is 5.49. The Morgan fingerprint density at radius 1 is 1.05 bits per heavy atom. The Balaban J connectivity index is 2.48. The molecule has 0 unspecified atom stereocenters. The van der Waals surface area contributed by atoms with Crippen LogP contribution in [0.25, 0.3) is 0 Å². The molecule has 0 aromatic heterocycles. The van der Waals surface area contributed by atoms with Crippen molar-refractivity contribution in [1.82, 2.24) is 0 Å². The SMILES string of the molecule is COc1ccc(C)cc1C(=O)C(C)(C)c1ccccc1. The van der Waals surface area contributed by atoms with Gasteiger partial charge in [0.2, 0.25) is 0 Å². The molecule has 104 valence electrons. The normalized spacial score (nSPS) is 11.2. The van der Waals surface area contributed by atoms with Gasteiger partial charge in [-0.05, 0) is 38.5 Å². The Morgan fingerprint density at radius 2 is 1.70 bits per heavy atom. The van der Waals surface area contributed by atoms with Gasteiger partial charge < -0.3 is 4.74 Å². The van der Waals surface area contributed by atoms with Crippen LogP contribution in [0.3, 0.4) is 0 Å². The molecule has 2 nitrogen and oxygen atoms in total. The van der Waals surface area contributed by atoms with Gasteiger partial charge in [0.15, 0.2) is 5.78 Å². The molecule has 0 saturated carbocycles. The quantitative estimate of drug-likeness (QED) is 0.778. The molecule has 0 aliphatic carbocycles. The van der Waals surface area contributed by atoms with Crippen LogP contribution in [0.1, 0.15) is 35.3 Å². The molecule has 20 heavy (non-hydrogen) atoms. The fourth-order valence-corrected chi connectivity index (χ4v) is 2.32. The van der Waals surface area contributed by atoms with E-state index in [0.717, 1.165) is 11.1 Å². The van der Waals surface area contributed by atoms with Crippen molar-refractivity contribution in [2.75, 3.05) is 7.11 Å². The van der Waals surface area contributed by atoms with Crippen molar-refractivity contribution in [3.63, 3.8) is 0 Å². The van der Waals surface area contributed by atoms with E-state index in [1.54, 1.807) is 7.11 Å². The van der Waals surface area contributed by atoms with Crippen molar-refractivity contribution in [3.05, 3.63) is 65.2 Å². The molecule has 2 aromatic carbocycles. The number of hydrogen-bond donors (Lipinski definition) is 0. The molecule has 0 amide bonds. The highest BCUT2D eigenvalue weighted by molar-refractivity contribution is 6.05. The second-order valence-electron chi connectivity index (χ2n) is 5.52. The Hall–Kier alpha value is -2.09. The number of hydrogen-bond acceptors (Lipinski definition) is 2. The molecule has 0 aliphatic heterocycles. The second-order valence-corrected chi connectivity index (χ2v) is 5.52. The Labute approximate surface area is 120 Å². The van der Waals surface area contributed by atoms with Gasteiger partial charge in [0.05, 0.1) is 18.1 Å². The number of methoxy groups -OCH3 is 1. The molecule has 0 bridgehead atoms. The molecule has 0 radical (unpaired) electrons. The third-order valence-corrected chi connectivity index (χ3v) is 3.66. The number of ether oxygens (including phenoxy) is 1. The third kappa shape index (κ3) is 2.60. The van der Waals surface area contributed by atoms with Gasteiger partial charge in [-0.25, -0.2) is 0 Å². The number of carbonyl (C=O) groups is 1. The highest BCUT2D eigenvalue weighted by atomic mass is 16.5. The molecule has 0 fully saturated rings. The Morgan fingerprint density at radius 3 is 2.30 bits per heavy atom. The maximum Gasteiger partial charge on any atom is 0.176 e. The van der Waals surface area contributed by atoms with Crippen LogP contribution in [0.15, 0.2) is 48.5 Å². The summed E-state index contributed by atoms with van der Waals surface area (Å²) in [5, 5.41) is 0. The zero-order valence-corrected chi connectivity index (χ0v) is 12.4. The summed E-state index contributed by atoms with van der Waals surface area (Å²) in [6.07, 6.45) is 0. The van der Waals surface area contributed by atoms with E-state index in [1.165, 1.54) is 0 Å². The summed E-state index contributed by atoms with van der Waals surface area (Å²) < 4.78 is 5.33. The summed E-state index contributed by atoms with van der Waals surface area (Å²) in [5.41, 5.74) is 2.12. The fourth-order valence-electron chi connectivity index (χ4n) is 2.32. The summed E-state index contributed by atoms with van der Waals surface area (Å²) in [7, 11) is 1.59. The zero-order chi connectivity index (χ0) is 14.8. The van der Waals surface area contributed by atoms with E-state index < -0.39 is 5.41 Å². The summed E-state index contributed by atoms with van der Waals surface area (Å²) in [5.74, 6) is 0.703. The van der Waals surface area contributed by atoms with E-state index in [4.69, 9.17) is 4.74 Å². The van der Waals surface area contributed by atoms with E-state index in [-0.39, 0.29) is 5.78 Å². The van der Waals surface area contributed by atoms with Crippen LogP contribution >= 0.6 is 0 Å². The number of rotatable bonds is 4. The lowest BCUT2D eigenvalue weighted by Gasteiger charge is -2.25. The van der Waals surface area contributed by atoms with Gasteiger partial charge in [-0.2, -0.15) is 0 Å². The first kappa shape index (κ1) is 14.3. The molecule has 0 N–H and O–H groups in total. The van der Waals surface area contributed by atoms with Crippen LogP contribution in [0.2, 0.25) is 0 Å². The molecule has 0 aliphatic rings. The maximum absolute atomic E-state index is 12.9. The van der Waals surface area contributed by atoms with Gasteiger partial charge in [0.1, 0.15) is 5.75 Å². The van der Waals surface area contributed by atoms with E-state index in [2.05, 4.69) is 0 Å². The van der Waals surface area contributed by atoms with Crippen LogP contribution in [-0.2, 0) is 5.41 Å². The van der Waals surface area contributed by atoms with Crippen LogP contribution in [0, 0.1) is 6.92 Å². The number of carbonyl (C=O) groups excluding carboxylic acids is 1. The topological polar surface area (TPSA) is 26.3 Å². The summed E-state index contributed by atoms with van der Waals surface area (Å²) in [4.78, 5) is 12.9. The average molecular weight is 268 g/mol. The van der Waals surface area contributed by atoms with Crippen LogP contribution in [-0.4, -0.2) is 12.9 Å². The number of aryl methyl sites for hydroxylation is 1. The van der Waals surface area contributed by atoms with Crippen molar-refractivity contribution in [2.24, 2.45) is 0 Å². The molecule has 0 heterocycles. The lowest BCUT2D eigenvalue weighted by atomic mass is 9.77. The van der Waals surface area contributed by atoms with Crippen LogP contribution in [0.5, 0.6) is 5.75 Å². The van der Waals surface area contributed by atoms with Crippen LogP contribution in [0.4, 0.5) is 0 Å². The Kier molecular flexibility index (Phi) is 3.93. The first-order chi connectivity index (χ1) is 9.46. The van der Waals surface area contributed by atoms with Gasteiger partial charge in [0, 0.05) is 0 Å². The first-order valence-corrected chi connectivity index (χ1v) is 6.72. The molecular weight excluding hydrogens is 248 g/mol. The minimum absolute atomic E-state index is 0.0734. The molecule has 2 aromatic rings. The lowest BCUT2D eigenvalue weighted by molar-refractivity contribution is 0.0905. The van der Waals surface area contributed by atoms with Gasteiger partial charge in [0.25, 0.3) is 0 Å². The molecule has 0 spiro atoms. The largest absolute Gasteiger partial charge is 0.496 e. The monoisotopic (exact) mass is 268 g/mol. The number of Topliss-reactive ketones (excluding diaryl/α,β-unsaturated/α-hetero) is 1. The van der Waals surface area contributed by atoms with E-state index in [9.17, 15) is 4.79 Å². The Bertz CT molecular complexity index is 613. The minimum Gasteiger partial charge on any atom is -0.496 e. The summed E-state index contributed by atoms with van der Waals surface area (Å²) in [6.45, 7) is 5.88. The van der Waals surface area contributed by atoms with E-state index in [0.29, 0.717) is 11.3 Å². The van der Waals surface area contributed by atoms with Crippen molar-refractivity contribution >= 4 is 5.78 Å². The van der Waals surface area contributed by atoms with Crippen molar-refractivity contribution in [1.29, 1.82) is 0 Å². The van der Waals surface area contributed by atoms with Gasteiger partial charge in [-0.1, -0.05) is 42.0 Å². The molecule has 0 atom stereocenters. The van der Waals surface area contributed by atoms with Gasteiger partial charge in [-0.15, -0.1) is 0 Å². The third-order valence-electron chi connectivity index (χ3n) is 3.66. The average Bonchev–Trinajstić information content (AvgIpc) is 2.47.